The van der Waals surface area contributed by atoms with Crippen LogP contribution in [0.15, 0.2) is 36.4 Å². The van der Waals surface area contributed by atoms with Crippen molar-refractivity contribution >= 4 is 23.2 Å². The number of carbonyl (C=O) groups excluding carboxylic acids is 2. The lowest BCUT2D eigenvalue weighted by atomic mass is 10.1. The highest BCUT2D eigenvalue weighted by atomic mass is 32.1. The van der Waals surface area contributed by atoms with Crippen LogP contribution in [0.4, 0.5) is 0 Å². The van der Waals surface area contributed by atoms with Crippen LogP contribution in [0.2, 0.25) is 0 Å². The Morgan fingerprint density at radius 2 is 1.96 bits per heavy atom. The fourth-order valence-electron chi connectivity index (χ4n) is 2.45. The Bertz CT molecular complexity index is 694. The summed E-state index contributed by atoms with van der Waals surface area (Å²) < 4.78 is 5.13. The van der Waals surface area contributed by atoms with Crippen LogP contribution in [0.3, 0.4) is 0 Å². The maximum atomic E-state index is 12.1. The number of benzene rings is 1. The summed E-state index contributed by atoms with van der Waals surface area (Å²) in [5, 5.41) is 2.83. The number of aryl methyl sites for hydroxylation is 2. The molecule has 1 atom stereocenters. The van der Waals surface area contributed by atoms with Gasteiger partial charge in [0.15, 0.2) is 6.61 Å². The van der Waals surface area contributed by atoms with Gasteiger partial charge in [0.25, 0.3) is 5.91 Å². The number of amides is 1. The monoisotopic (exact) mass is 345 g/mol. The van der Waals surface area contributed by atoms with Crippen molar-refractivity contribution in [2.24, 2.45) is 0 Å². The number of rotatable bonds is 7. The second-order valence-electron chi connectivity index (χ2n) is 5.72. The van der Waals surface area contributed by atoms with Crippen LogP contribution in [-0.2, 0) is 16.0 Å². The number of carbonyl (C=O) groups is 2. The maximum Gasteiger partial charge on any atom is 0.348 e. The van der Waals surface area contributed by atoms with Gasteiger partial charge in [0.2, 0.25) is 0 Å². The van der Waals surface area contributed by atoms with Crippen LogP contribution in [0.5, 0.6) is 0 Å². The molecule has 5 heteroatoms. The molecule has 1 heterocycles. The van der Waals surface area contributed by atoms with Gasteiger partial charge in [-0.15, -0.1) is 11.3 Å². The first-order chi connectivity index (χ1) is 11.5. The first kappa shape index (κ1) is 18.2. The van der Waals surface area contributed by atoms with E-state index in [2.05, 4.69) is 12.2 Å². The Balaban J connectivity index is 1.85. The van der Waals surface area contributed by atoms with Crippen molar-refractivity contribution < 1.29 is 14.3 Å². The summed E-state index contributed by atoms with van der Waals surface area (Å²) in [7, 11) is 0. The number of nitrogens with one attached hydrogen (secondary N) is 1. The van der Waals surface area contributed by atoms with Crippen molar-refractivity contribution in [3.63, 3.8) is 0 Å². The Labute approximate surface area is 146 Å². The maximum absolute atomic E-state index is 12.1. The molecule has 0 aliphatic carbocycles. The predicted octanol–water partition coefficient (Wildman–Crippen LogP) is 4.04. The van der Waals surface area contributed by atoms with E-state index in [0.29, 0.717) is 4.88 Å². The molecule has 0 radical (unpaired) electrons. The molecule has 4 nitrogen and oxygen atoms in total. The van der Waals surface area contributed by atoms with E-state index in [-0.39, 0.29) is 18.6 Å². The summed E-state index contributed by atoms with van der Waals surface area (Å²) in [6.45, 7) is 5.73. The first-order valence-corrected chi connectivity index (χ1v) is 8.93. The second kappa shape index (κ2) is 8.64. The molecular weight excluding hydrogens is 322 g/mol. The Morgan fingerprint density at radius 1 is 1.25 bits per heavy atom. The van der Waals surface area contributed by atoms with Crippen molar-refractivity contribution in [1.29, 1.82) is 0 Å². The SMILES string of the molecule is CCCc1cc(C(=O)OCC(=O)NC(C)c2ccccc2)sc1C. The summed E-state index contributed by atoms with van der Waals surface area (Å²) >= 11 is 1.42. The van der Waals surface area contributed by atoms with E-state index in [1.54, 1.807) is 0 Å². The third kappa shape index (κ3) is 4.93. The summed E-state index contributed by atoms with van der Waals surface area (Å²) in [6.07, 6.45) is 1.98. The Hall–Kier alpha value is -2.14. The molecule has 0 bridgehead atoms. The van der Waals surface area contributed by atoms with E-state index < -0.39 is 5.97 Å². The summed E-state index contributed by atoms with van der Waals surface area (Å²) in [5.74, 6) is -0.741. The topological polar surface area (TPSA) is 55.4 Å². The molecule has 2 rings (SSSR count). The third-order valence-corrected chi connectivity index (χ3v) is 4.83. The van der Waals surface area contributed by atoms with Crippen molar-refractivity contribution in [3.05, 3.63) is 57.3 Å². The van der Waals surface area contributed by atoms with Crippen LogP contribution in [-0.4, -0.2) is 18.5 Å². The van der Waals surface area contributed by atoms with Gasteiger partial charge in [-0.25, -0.2) is 4.79 Å². The standard InChI is InChI=1S/C19H23NO3S/c1-4-8-16-11-17(24-14(16)3)19(22)23-12-18(21)20-13(2)15-9-6-5-7-10-15/h5-7,9-11,13H,4,8,12H2,1-3H3,(H,20,21). The number of esters is 1. The molecule has 0 spiro atoms. The van der Waals surface area contributed by atoms with E-state index >= 15 is 0 Å². The van der Waals surface area contributed by atoms with Gasteiger partial charge in [-0.2, -0.15) is 0 Å². The van der Waals surface area contributed by atoms with E-state index in [1.807, 2.05) is 50.2 Å². The van der Waals surface area contributed by atoms with Gasteiger partial charge < -0.3 is 10.1 Å². The van der Waals surface area contributed by atoms with Gasteiger partial charge in [0.05, 0.1) is 6.04 Å². The van der Waals surface area contributed by atoms with Gasteiger partial charge in [-0.05, 0) is 37.5 Å². The molecule has 0 saturated heterocycles. The highest BCUT2D eigenvalue weighted by Gasteiger charge is 2.16. The largest absolute Gasteiger partial charge is 0.451 e. The van der Waals surface area contributed by atoms with Crippen molar-refractivity contribution in [1.82, 2.24) is 5.32 Å². The van der Waals surface area contributed by atoms with Gasteiger partial charge in [-0.3, -0.25) is 4.79 Å². The summed E-state index contributed by atoms with van der Waals surface area (Å²) in [6, 6.07) is 11.4. The molecule has 24 heavy (non-hydrogen) atoms. The summed E-state index contributed by atoms with van der Waals surface area (Å²) in [4.78, 5) is 25.7. The molecule has 1 N–H and O–H groups in total. The molecule has 0 saturated carbocycles. The van der Waals surface area contributed by atoms with Crippen LogP contribution in [0, 0.1) is 6.92 Å². The van der Waals surface area contributed by atoms with Gasteiger partial charge in [0, 0.05) is 4.88 Å². The quantitative estimate of drug-likeness (QED) is 0.771. The molecule has 0 aliphatic heterocycles. The predicted molar refractivity (Wildman–Crippen MR) is 96.3 cm³/mol. The highest BCUT2D eigenvalue weighted by Crippen LogP contribution is 2.23. The van der Waals surface area contributed by atoms with E-state index in [1.165, 1.54) is 16.9 Å². The lowest BCUT2D eigenvalue weighted by molar-refractivity contribution is -0.124. The van der Waals surface area contributed by atoms with Crippen LogP contribution >= 0.6 is 11.3 Å². The van der Waals surface area contributed by atoms with Crippen LogP contribution in [0.1, 0.15) is 52.0 Å². The van der Waals surface area contributed by atoms with Crippen LogP contribution in [0.25, 0.3) is 0 Å². The minimum atomic E-state index is -0.437. The van der Waals surface area contributed by atoms with Gasteiger partial charge in [0.1, 0.15) is 4.88 Å². The van der Waals surface area contributed by atoms with Crippen molar-refractivity contribution in [2.75, 3.05) is 6.61 Å². The zero-order valence-corrected chi connectivity index (χ0v) is 15.1. The molecule has 0 fully saturated rings. The first-order valence-electron chi connectivity index (χ1n) is 8.12. The fourth-order valence-corrected chi connectivity index (χ4v) is 3.41. The van der Waals surface area contributed by atoms with Crippen molar-refractivity contribution in [2.45, 2.75) is 39.7 Å². The van der Waals surface area contributed by atoms with Crippen molar-refractivity contribution in [3.8, 4) is 0 Å². The minimum Gasteiger partial charge on any atom is -0.451 e. The van der Waals surface area contributed by atoms with E-state index in [4.69, 9.17) is 4.74 Å². The number of ether oxygens (including phenoxy) is 1. The molecule has 2 aromatic rings. The number of thiophene rings is 1. The second-order valence-corrected chi connectivity index (χ2v) is 6.97. The third-order valence-electron chi connectivity index (χ3n) is 3.75. The van der Waals surface area contributed by atoms with Gasteiger partial charge in [-0.1, -0.05) is 43.7 Å². The van der Waals surface area contributed by atoms with Crippen LogP contribution < -0.4 is 5.32 Å². The van der Waals surface area contributed by atoms with E-state index in [9.17, 15) is 9.59 Å². The smallest absolute Gasteiger partial charge is 0.348 e. The van der Waals surface area contributed by atoms with E-state index in [0.717, 1.165) is 23.3 Å². The molecule has 1 unspecified atom stereocenters. The average molecular weight is 345 g/mol. The highest BCUT2D eigenvalue weighted by molar-refractivity contribution is 7.14. The number of hydrogen-bond donors (Lipinski definition) is 1. The van der Waals surface area contributed by atoms with Gasteiger partial charge >= 0.3 is 5.97 Å². The lowest BCUT2D eigenvalue weighted by Gasteiger charge is -2.14. The minimum absolute atomic E-state index is 0.127. The normalized spacial score (nSPS) is 11.8. The Kier molecular flexibility index (Phi) is 6.55. The fraction of sp³-hybridized carbons (Fsp3) is 0.368. The summed E-state index contributed by atoms with van der Waals surface area (Å²) in [5.41, 5.74) is 2.19. The average Bonchev–Trinajstić information content (AvgIpc) is 2.95. The molecule has 0 aliphatic rings. The lowest BCUT2D eigenvalue weighted by Crippen LogP contribution is -2.31. The molecule has 1 aromatic carbocycles. The number of hydrogen-bond acceptors (Lipinski definition) is 4. The zero-order chi connectivity index (χ0) is 17.5. The Morgan fingerprint density at radius 3 is 2.62 bits per heavy atom. The molecule has 1 amide bonds. The molecule has 128 valence electrons. The zero-order valence-electron chi connectivity index (χ0n) is 14.3. The molecular formula is C19H23NO3S. The molecule has 1 aromatic heterocycles.